The largest absolute Gasteiger partial charge is 0.493 e. The van der Waals surface area contributed by atoms with Crippen LogP contribution in [0.3, 0.4) is 0 Å². The summed E-state index contributed by atoms with van der Waals surface area (Å²) in [4.78, 5) is 11.0. The number of hydrogen-bond acceptors (Lipinski definition) is 4. The number of methoxy groups -OCH3 is 2. The molecule has 0 unspecified atom stereocenters. The van der Waals surface area contributed by atoms with E-state index in [2.05, 4.69) is 10.6 Å². The van der Waals surface area contributed by atoms with Crippen LogP contribution in [-0.4, -0.2) is 33.7 Å². The number of amides is 1. The third kappa shape index (κ3) is 4.16. The zero-order valence-corrected chi connectivity index (χ0v) is 11.1. The summed E-state index contributed by atoms with van der Waals surface area (Å²) in [5.74, 6) is 1.45. The Morgan fingerprint density at radius 1 is 1.22 bits per heavy atom. The van der Waals surface area contributed by atoms with E-state index in [9.17, 15) is 4.79 Å². The van der Waals surface area contributed by atoms with Gasteiger partial charge in [-0.15, -0.1) is 0 Å². The van der Waals surface area contributed by atoms with Crippen LogP contribution in [0, 0.1) is 0 Å². The summed E-state index contributed by atoms with van der Waals surface area (Å²) in [6.07, 6.45) is 1.31. The molecular weight excluding hydrogens is 232 g/mol. The molecule has 0 spiro atoms. The molecule has 0 aromatic heterocycles. The molecule has 2 N–H and O–H groups in total. The summed E-state index contributed by atoms with van der Waals surface area (Å²) in [5, 5.41) is 5.83. The molecule has 1 aromatic rings. The Hall–Kier alpha value is -1.91. The Balaban J connectivity index is 2.45. The molecule has 0 radical (unpaired) electrons. The number of anilines is 1. The van der Waals surface area contributed by atoms with Crippen LogP contribution in [0.25, 0.3) is 0 Å². The van der Waals surface area contributed by atoms with Crippen molar-refractivity contribution in [1.82, 2.24) is 5.32 Å². The first-order chi connectivity index (χ1) is 8.71. The van der Waals surface area contributed by atoms with Crippen molar-refractivity contribution in [3.05, 3.63) is 18.2 Å². The highest BCUT2D eigenvalue weighted by Gasteiger charge is 2.04. The molecule has 5 nitrogen and oxygen atoms in total. The average Bonchev–Trinajstić information content (AvgIpc) is 2.42. The topological polar surface area (TPSA) is 59.6 Å². The molecule has 0 aliphatic carbocycles. The van der Waals surface area contributed by atoms with E-state index in [1.165, 1.54) is 0 Å². The normalized spacial score (nSPS) is 9.72. The number of ether oxygens (including phenoxy) is 2. The van der Waals surface area contributed by atoms with Gasteiger partial charge in [-0.3, -0.25) is 4.79 Å². The van der Waals surface area contributed by atoms with Gasteiger partial charge in [0, 0.05) is 31.8 Å². The molecule has 100 valence electrons. The molecule has 1 rings (SSSR count). The van der Waals surface area contributed by atoms with Gasteiger partial charge in [-0.2, -0.15) is 0 Å². The van der Waals surface area contributed by atoms with Gasteiger partial charge >= 0.3 is 0 Å². The van der Waals surface area contributed by atoms with Crippen LogP contribution in [0.1, 0.15) is 12.8 Å². The first kappa shape index (κ1) is 14.2. The molecule has 5 heteroatoms. The maximum Gasteiger partial charge on any atom is 0.219 e. The highest BCUT2D eigenvalue weighted by atomic mass is 16.5. The maximum absolute atomic E-state index is 11.0. The standard InChI is InChI=1S/C13H20N2O3/c1-14-13(16)5-4-8-15-10-6-7-11(17-2)12(9-10)18-3/h6-7,9,15H,4-5,8H2,1-3H3,(H,14,16). The molecule has 0 aliphatic rings. The van der Waals surface area contributed by atoms with Crippen molar-refractivity contribution in [2.75, 3.05) is 33.1 Å². The first-order valence-corrected chi connectivity index (χ1v) is 5.87. The third-order valence-corrected chi connectivity index (χ3v) is 2.57. The van der Waals surface area contributed by atoms with Gasteiger partial charge in [0.2, 0.25) is 5.91 Å². The minimum Gasteiger partial charge on any atom is -0.493 e. The fourth-order valence-electron chi connectivity index (χ4n) is 1.55. The lowest BCUT2D eigenvalue weighted by atomic mass is 10.2. The number of carbonyl (C=O) groups is 1. The van der Waals surface area contributed by atoms with E-state index in [-0.39, 0.29) is 5.91 Å². The van der Waals surface area contributed by atoms with Crippen molar-refractivity contribution in [2.45, 2.75) is 12.8 Å². The summed E-state index contributed by atoms with van der Waals surface area (Å²) >= 11 is 0. The van der Waals surface area contributed by atoms with Crippen molar-refractivity contribution in [2.24, 2.45) is 0 Å². The van der Waals surface area contributed by atoms with Crippen LogP contribution in [0.2, 0.25) is 0 Å². The zero-order chi connectivity index (χ0) is 13.4. The van der Waals surface area contributed by atoms with Gasteiger partial charge in [-0.25, -0.2) is 0 Å². The second kappa shape index (κ2) is 7.42. The summed E-state index contributed by atoms with van der Waals surface area (Å²) in [6.45, 7) is 0.739. The smallest absolute Gasteiger partial charge is 0.219 e. The van der Waals surface area contributed by atoms with Crippen LogP contribution >= 0.6 is 0 Å². The molecule has 0 atom stereocenters. The van der Waals surface area contributed by atoms with E-state index in [4.69, 9.17) is 9.47 Å². The number of benzene rings is 1. The first-order valence-electron chi connectivity index (χ1n) is 5.87. The second-order valence-corrected chi connectivity index (χ2v) is 3.77. The van der Waals surface area contributed by atoms with Crippen LogP contribution in [0.15, 0.2) is 18.2 Å². The molecule has 0 fully saturated rings. The van der Waals surface area contributed by atoms with Gasteiger partial charge in [-0.1, -0.05) is 0 Å². The summed E-state index contributed by atoms with van der Waals surface area (Å²) in [5.41, 5.74) is 0.949. The molecule has 1 amide bonds. The van der Waals surface area contributed by atoms with Gasteiger partial charge in [0.1, 0.15) is 0 Å². The number of nitrogens with one attached hydrogen (secondary N) is 2. The third-order valence-electron chi connectivity index (χ3n) is 2.57. The second-order valence-electron chi connectivity index (χ2n) is 3.77. The van der Waals surface area contributed by atoms with E-state index in [0.717, 1.165) is 18.7 Å². The summed E-state index contributed by atoms with van der Waals surface area (Å²) < 4.78 is 10.4. The van der Waals surface area contributed by atoms with Gasteiger partial charge in [0.25, 0.3) is 0 Å². The van der Waals surface area contributed by atoms with Crippen molar-refractivity contribution < 1.29 is 14.3 Å². The molecule has 0 saturated heterocycles. The summed E-state index contributed by atoms with van der Waals surface area (Å²) in [6, 6.07) is 5.64. The fraction of sp³-hybridized carbons (Fsp3) is 0.462. The minimum absolute atomic E-state index is 0.0594. The molecule has 0 heterocycles. The highest BCUT2D eigenvalue weighted by Crippen LogP contribution is 2.29. The Labute approximate surface area is 107 Å². The van der Waals surface area contributed by atoms with Gasteiger partial charge < -0.3 is 20.1 Å². The van der Waals surface area contributed by atoms with E-state index in [0.29, 0.717) is 17.9 Å². The predicted molar refractivity (Wildman–Crippen MR) is 71.3 cm³/mol. The monoisotopic (exact) mass is 252 g/mol. The number of carbonyl (C=O) groups excluding carboxylic acids is 1. The molecule has 1 aromatic carbocycles. The fourth-order valence-corrected chi connectivity index (χ4v) is 1.55. The molecule has 18 heavy (non-hydrogen) atoms. The SMILES string of the molecule is CNC(=O)CCCNc1ccc(OC)c(OC)c1. The highest BCUT2D eigenvalue weighted by molar-refractivity contribution is 5.75. The van der Waals surface area contributed by atoms with E-state index in [1.54, 1.807) is 21.3 Å². The zero-order valence-electron chi connectivity index (χ0n) is 11.1. The maximum atomic E-state index is 11.0. The van der Waals surface area contributed by atoms with Crippen LogP contribution < -0.4 is 20.1 Å². The van der Waals surface area contributed by atoms with Crippen LogP contribution in [-0.2, 0) is 4.79 Å². The van der Waals surface area contributed by atoms with Gasteiger partial charge in [-0.05, 0) is 18.6 Å². The number of rotatable bonds is 7. The van der Waals surface area contributed by atoms with Crippen LogP contribution in [0.5, 0.6) is 11.5 Å². The van der Waals surface area contributed by atoms with E-state index < -0.39 is 0 Å². The predicted octanol–water partition coefficient (Wildman–Crippen LogP) is 1.64. The van der Waals surface area contributed by atoms with Crippen molar-refractivity contribution in [3.63, 3.8) is 0 Å². The van der Waals surface area contributed by atoms with Crippen molar-refractivity contribution in [3.8, 4) is 11.5 Å². The Morgan fingerprint density at radius 2 is 1.94 bits per heavy atom. The molecular formula is C13H20N2O3. The summed E-state index contributed by atoms with van der Waals surface area (Å²) in [7, 11) is 4.85. The lowest BCUT2D eigenvalue weighted by molar-refractivity contribution is -0.120. The average molecular weight is 252 g/mol. The quantitative estimate of drug-likeness (QED) is 0.724. The lowest BCUT2D eigenvalue weighted by Gasteiger charge is -2.11. The van der Waals surface area contributed by atoms with E-state index in [1.807, 2.05) is 18.2 Å². The molecule has 0 aliphatic heterocycles. The van der Waals surface area contributed by atoms with Crippen molar-refractivity contribution in [1.29, 1.82) is 0 Å². The Bertz CT molecular complexity index is 394. The van der Waals surface area contributed by atoms with Crippen LogP contribution in [0.4, 0.5) is 5.69 Å². The van der Waals surface area contributed by atoms with Gasteiger partial charge in [0.15, 0.2) is 11.5 Å². The van der Waals surface area contributed by atoms with Crippen molar-refractivity contribution >= 4 is 11.6 Å². The molecule has 0 saturated carbocycles. The molecule has 0 bridgehead atoms. The Kier molecular flexibility index (Phi) is 5.84. The van der Waals surface area contributed by atoms with E-state index >= 15 is 0 Å². The Morgan fingerprint density at radius 3 is 2.56 bits per heavy atom. The lowest BCUT2D eigenvalue weighted by Crippen LogP contribution is -2.18. The number of hydrogen-bond donors (Lipinski definition) is 2. The van der Waals surface area contributed by atoms with Gasteiger partial charge in [0.05, 0.1) is 14.2 Å². The minimum atomic E-state index is 0.0594.